The van der Waals surface area contributed by atoms with Gasteiger partial charge in [-0.25, -0.2) is 4.79 Å². The average Bonchev–Trinajstić information content (AvgIpc) is 3.26. The average molecular weight is 434 g/mol. The van der Waals surface area contributed by atoms with Crippen molar-refractivity contribution in [3.63, 3.8) is 0 Å². The Balaban J connectivity index is 1.76. The number of rotatable bonds is 4. The second kappa shape index (κ2) is 8.84. The number of carbonyl (C=O) groups is 2. The number of fused-ring (bicyclic) bond motifs is 1. The molecule has 1 aliphatic rings. The minimum Gasteiger partial charge on any atom is -0.394 e. The lowest BCUT2D eigenvalue weighted by Gasteiger charge is -2.42. The molecule has 3 aromatic rings. The highest BCUT2D eigenvalue weighted by Gasteiger charge is 2.35. The molecule has 166 valence electrons. The molecule has 4 rings (SSSR count). The van der Waals surface area contributed by atoms with Crippen LogP contribution in [-0.2, 0) is 11.3 Å². The molecule has 0 fully saturated rings. The summed E-state index contributed by atoms with van der Waals surface area (Å²) < 4.78 is 1.67. The maximum atomic E-state index is 13.5. The van der Waals surface area contributed by atoms with E-state index < -0.39 is 0 Å². The Hall–Kier alpha value is -3.65. The first kappa shape index (κ1) is 21.6. The van der Waals surface area contributed by atoms with Crippen molar-refractivity contribution >= 4 is 29.0 Å². The van der Waals surface area contributed by atoms with E-state index in [0.29, 0.717) is 24.5 Å². The zero-order valence-corrected chi connectivity index (χ0v) is 18.5. The Morgan fingerprint density at radius 3 is 2.56 bits per heavy atom. The molecule has 0 saturated heterocycles. The van der Waals surface area contributed by atoms with Crippen molar-refractivity contribution in [1.82, 2.24) is 9.78 Å². The number of carbonyl (C=O) groups excluding carboxylic acids is 2. The third-order valence-electron chi connectivity index (χ3n) is 5.71. The molecule has 0 radical (unpaired) electrons. The Labute approximate surface area is 187 Å². The minimum atomic E-state index is -0.166. The highest BCUT2D eigenvalue weighted by atomic mass is 16.3. The summed E-state index contributed by atoms with van der Waals surface area (Å²) in [6.45, 7) is 4.29. The molecular weight excluding hydrogens is 406 g/mol. The highest BCUT2D eigenvalue weighted by molar-refractivity contribution is 6.09. The fraction of sp³-hybridized carbons (Fsp3) is 0.292. The number of benzene rings is 2. The second-order valence-corrected chi connectivity index (χ2v) is 7.94. The van der Waals surface area contributed by atoms with Gasteiger partial charge in [0.25, 0.3) is 0 Å². The summed E-state index contributed by atoms with van der Waals surface area (Å²) in [6.07, 6.45) is 3.59. The first-order chi connectivity index (χ1) is 15.4. The molecule has 1 atom stereocenters. The number of aliphatic hydroxyl groups is 1. The van der Waals surface area contributed by atoms with Crippen molar-refractivity contribution in [1.29, 1.82) is 0 Å². The monoisotopic (exact) mass is 433 g/mol. The van der Waals surface area contributed by atoms with Gasteiger partial charge in [-0.1, -0.05) is 24.3 Å². The molecule has 0 spiro atoms. The quantitative estimate of drug-likeness (QED) is 0.684. The summed E-state index contributed by atoms with van der Waals surface area (Å²) in [6, 6.07) is 14.9. The Bertz CT molecular complexity index is 1130. The minimum absolute atomic E-state index is 0.00483. The number of aliphatic hydroxyl groups excluding tert-OH is 1. The van der Waals surface area contributed by atoms with Crippen LogP contribution in [0.1, 0.15) is 13.8 Å². The molecular formula is C24H27N5O3. The first-order valence-electron chi connectivity index (χ1n) is 10.6. The SMILES string of the molecule is CC(=O)N1c2ccc(-c3cnn(CCO)c3)cc2N(C(=O)N(C)c2ccccc2)C[C@@H]1C. The number of aromatic nitrogens is 2. The maximum absolute atomic E-state index is 13.5. The van der Waals surface area contributed by atoms with Gasteiger partial charge in [-0.05, 0) is 36.8 Å². The van der Waals surface area contributed by atoms with Gasteiger partial charge in [0.2, 0.25) is 5.91 Å². The lowest BCUT2D eigenvalue weighted by Crippen LogP contribution is -2.54. The smallest absolute Gasteiger partial charge is 0.328 e. The molecule has 0 aliphatic carbocycles. The molecule has 1 N–H and O–H groups in total. The predicted octanol–water partition coefficient (Wildman–Crippen LogP) is 3.36. The lowest BCUT2D eigenvalue weighted by molar-refractivity contribution is -0.117. The predicted molar refractivity (Wildman–Crippen MR) is 125 cm³/mol. The summed E-state index contributed by atoms with van der Waals surface area (Å²) in [7, 11) is 1.75. The Morgan fingerprint density at radius 2 is 1.88 bits per heavy atom. The van der Waals surface area contributed by atoms with Crippen molar-refractivity contribution in [2.75, 3.05) is 34.9 Å². The third-order valence-corrected chi connectivity index (χ3v) is 5.71. The standard InChI is InChI=1S/C24H27N5O3/c1-17-15-28(24(32)26(3)21-7-5-4-6-8-21)23-13-19(9-10-22(23)29(17)18(2)31)20-14-25-27(16-20)11-12-30/h4-10,13-14,16-17,30H,11-12,15H2,1-3H3/t17-/m0/s1. The largest absolute Gasteiger partial charge is 0.394 e. The fourth-order valence-corrected chi connectivity index (χ4v) is 4.15. The van der Waals surface area contributed by atoms with Crippen LogP contribution in [0.2, 0.25) is 0 Å². The van der Waals surface area contributed by atoms with Crippen molar-refractivity contribution in [2.24, 2.45) is 0 Å². The zero-order chi connectivity index (χ0) is 22.8. The molecule has 1 aliphatic heterocycles. The van der Waals surface area contributed by atoms with E-state index in [4.69, 9.17) is 5.11 Å². The van der Waals surface area contributed by atoms with Crippen molar-refractivity contribution in [2.45, 2.75) is 26.4 Å². The van der Waals surface area contributed by atoms with Crippen LogP contribution in [-0.4, -0.2) is 53.1 Å². The summed E-state index contributed by atoms with van der Waals surface area (Å²) in [4.78, 5) is 31.0. The van der Waals surface area contributed by atoms with Crippen LogP contribution in [0, 0.1) is 0 Å². The summed E-state index contributed by atoms with van der Waals surface area (Å²) in [5.41, 5.74) is 3.93. The van der Waals surface area contributed by atoms with Gasteiger partial charge in [-0.15, -0.1) is 0 Å². The number of urea groups is 1. The topological polar surface area (TPSA) is 81.9 Å². The van der Waals surface area contributed by atoms with E-state index in [1.165, 1.54) is 0 Å². The normalized spacial score (nSPS) is 15.4. The van der Waals surface area contributed by atoms with Crippen molar-refractivity contribution in [3.05, 3.63) is 60.9 Å². The van der Waals surface area contributed by atoms with E-state index in [1.54, 1.807) is 39.5 Å². The highest BCUT2D eigenvalue weighted by Crippen LogP contribution is 2.39. The fourth-order valence-electron chi connectivity index (χ4n) is 4.15. The van der Waals surface area contributed by atoms with Gasteiger partial charge in [0.1, 0.15) is 0 Å². The van der Waals surface area contributed by atoms with Crippen LogP contribution in [0.3, 0.4) is 0 Å². The van der Waals surface area contributed by atoms with E-state index in [9.17, 15) is 9.59 Å². The first-order valence-corrected chi connectivity index (χ1v) is 10.6. The lowest BCUT2D eigenvalue weighted by atomic mass is 10.0. The molecule has 0 unspecified atom stereocenters. The summed E-state index contributed by atoms with van der Waals surface area (Å²) >= 11 is 0. The molecule has 1 aromatic heterocycles. The van der Waals surface area contributed by atoms with E-state index >= 15 is 0 Å². The third kappa shape index (κ3) is 3.97. The van der Waals surface area contributed by atoms with E-state index in [-0.39, 0.29) is 24.6 Å². The molecule has 2 heterocycles. The van der Waals surface area contributed by atoms with E-state index in [1.807, 2.05) is 61.7 Å². The van der Waals surface area contributed by atoms with Crippen LogP contribution >= 0.6 is 0 Å². The molecule has 32 heavy (non-hydrogen) atoms. The van der Waals surface area contributed by atoms with E-state index in [2.05, 4.69) is 5.10 Å². The number of amides is 3. The second-order valence-electron chi connectivity index (χ2n) is 7.94. The van der Waals surface area contributed by atoms with Gasteiger partial charge in [-0.3, -0.25) is 19.3 Å². The van der Waals surface area contributed by atoms with Gasteiger partial charge in [0.15, 0.2) is 0 Å². The van der Waals surface area contributed by atoms with Crippen LogP contribution in [0.15, 0.2) is 60.9 Å². The van der Waals surface area contributed by atoms with Crippen LogP contribution < -0.4 is 14.7 Å². The van der Waals surface area contributed by atoms with Gasteiger partial charge in [0.05, 0.1) is 36.8 Å². The van der Waals surface area contributed by atoms with Gasteiger partial charge < -0.3 is 10.0 Å². The molecule has 0 saturated carbocycles. The summed E-state index contributed by atoms with van der Waals surface area (Å²) in [5, 5.41) is 13.4. The number of hydrogen-bond donors (Lipinski definition) is 1. The Kier molecular flexibility index (Phi) is 5.96. The maximum Gasteiger partial charge on any atom is 0.328 e. The van der Waals surface area contributed by atoms with Gasteiger partial charge >= 0.3 is 6.03 Å². The number of para-hydroxylation sites is 1. The van der Waals surface area contributed by atoms with Crippen molar-refractivity contribution < 1.29 is 14.7 Å². The van der Waals surface area contributed by atoms with E-state index in [0.717, 1.165) is 16.8 Å². The number of anilines is 3. The van der Waals surface area contributed by atoms with Crippen molar-refractivity contribution in [3.8, 4) is 11.1 Å². The van der Waals surface area contributed by atoms with Gasteiger partial charge in [0, 0.05) is 38.0 Å². The molecule has 8 heteroatoms. The van der Waals surface area contributed by atoms with Crippen LogP contribution in [0.25, 0.3) is 11.1 Å². The van der Waals surface area contributed by atoms with Crippen LogP contribution in [0.4, 0.5) is 21.9 Å². The summed E-state index contributed by atoms with van der Waals surface area (Å²) in [5.74, 6) is -0.0641. The molecule has 8 nitrogen and oxygen atoms in total. The molecule has 2 aromatic carbocycles. The number of nitrogens with zero attached hydrogens (tertiary/aromatic N) is 5. The molecule has 0 bridgehead atoms. The van der Waals surface area contributed by atoms with Gasteiger partial charge in [-0.2, -0.15) is 5.10 Å². The van der Waals surface area contributed by atoms with Crippen LogP contribution in [0.5, 0.6) is 0 Å². The molecule has 3 amide bonds. The Morgan fingerprint density at radius 1 is 1.12 bits per heavy atom. The zero-order valence-electron chi connectivity index (χ0n) is 18.5. The number of hydrogen-bond acceptors (Lipinski definition) is 4.